The van der Waals surface area contributed by atoms with Gasteiger partial charge >= 0.3 is 0 Å². The Bertz CT molecular complexity index is 562. The molecule has 1 saturated heterocycles. The summed E-state index contributed by atoms with van der Waals surface area (Å²) < 4.78 is 0.254. The van der Waals surface area contributed by atoms with Gasteiger partial charge < -0.3 is 9.90 Å². The van der Waals surface area contributed by atoms with Crippen molar-refractivity contribution in [1.82, 2.24) is 4.90 Å². The number of rotatable bonds is 3. The minimum Gasteiger partial charge on any atom is -0.548 e. The van der Waals surface area contributed by atoms with E-state index in [-0.39, 0.29) is 10.2 Å². The first kappa shape index (κ1) is 13.3. The number of nitrogens with zero attached hydrogens (tertiary/aromatic N) is 1. The van der Waals surface area contributed by atoms with Gasteiger partial charge in [0.15, 0.2) is 0 Å². The second-order valence-electron chi connectivity index (χ2n) is 3.61. The van der Waals surface area contributed by atoms with Crippen LogP contribution in [-0.4, -0.2) is 27.6 Å². The summed E-state index contributed by atoms with van der Waals surface area (Å²) >= 11 is 7.62. The first-order chi connectivity index (χ1) is 8.49. The number of thiocarbonyl (C=S) groups is 1. The van der Waals surface area contributed by atoms with Crippen molar-refractivity contribution >= 4 is 57.6 Å². The fourth-order valence-corrected chi connectivity index (χ4v) is 3.59. The first-order valence-electron chi connectivity index (χ1n) is 4.98. The van der Waals surface area contributed by atoms with E-state index >= 15 is 0 Å². The molecule has 1 aliphatic heterocycles. The summed E-state index contributed by atoms with van der Waals surface area (Å²) in [5, 5.41) is 12.5. The van der Waals surface area contributed by atoms with Gasteiger partial charge in [0.25, 0.3) is 5.91 Å². The highest BCUT2D eigenvalue weighted by Crippen LogP contribution is 2.33. The maximum absolute atomic E-state index is 12.0. The zero-order valence-electron chi connectivity index (χ0n) is 9.34. The van der Waals surface area contributed by atoms with Gasteiger partial charge in [-0.2, -0.15) is 0 Å². The molecule has 0 aliphatic carbocycles. The average Bonchev–Trinajstić information content (AvgIpc) is 2.79. The molecule has 1 fully saturated rings. The second kappa shape index (κ2) is 5.21. The predicted molar refractivity (Wildman–Crippen MR) is 73.9 cm³/mol. The van der Waals surface area contributed by atoms with Crippen LogP contribution in [0.5, 0.6) is 0 Å². The van der Waals surface area contributed by atoms with Gasteiger partial charge in [-0.05, 0) is 30.0 Å². The lowest BCUT2D eigenvalue weighted by Gasteiger charge is -2.14. The summed E-state index contributed by atoms with van der Waals surface area (Å²) in [6.07, 6.45) is 1.74. The van der Waals surface area contributed by atoms with Crippen molar-refractivity contribution in [3.8, 4) is 0 Å². The number of carboxylic acids is 1. The van der Waals surface area contributed by atoms with E-state index in [2.05, 4.69) is 0 Å². The topological polar surface area (TPSA) is 60.4 Å². The molecule has 7 heteroatoms. The molecule has 2 rings (SSSR count). The van der Waals surface area contributed by atoms with Crippen molar-refractivity contribution in [1.29, 1.82) is 0 Å². The Morgan fingerprint density at radius 3 is 2.89 bits per heavy atom. The van der Waals surface area contributed by atoms with Crippen molar-refractivity contribution in [2.24, 2.45) is 0 Å². The number of carboxylic acid groups (broad SMARTS) is 1. The van der Waals surface area contributed by atoms with Gasteiger partial charge in [-0.1, -0.05) is 24.0 Å². The van der Waals surface area contributed by atoms with Crippen LogP contribution in [0.25, 0.3) is 6.08 Å². The summed E-state index contributed by atoms with van der Waals surface area (Å²) in [5.41, 5.74) is 1.07. The van der Waals surface area contributed by atoms with E-state index in [4.69, 9.17) is 12.2 Å². The Hall–Kier alpha value is -1.18. The third-order valence-electron chi connectivity index (χ3n) is 2.32. The van der Waals surface area contributed by atoms with Crippen molar-refractivity contribution in [3.05, 3.63) is 26.8 Å². The van der Waals surface area contributed by atoms with Gasteiger partial charge in [0.05, 0.1) is 17.4 Å². The molecule has 0 bridgehead atoms. The molecule has 94 valence electrons. The maximum atomic E-state index is 12.0. The van der Waals surface area contributed by atoms with Crippen molar-refractivity contribution < 1.29 is 14.7 Å². The summed E-state index contributed by atoms with van der Waals surface area (Å²) in [6.45, 7) is 1.45. The molecule has 0 atom stereocenters. The lowest BCUT2D eigenvalue weighted by atomic mass is 10.2. The molecular weight excluding hydrogens is 290 g/mol. The maximum Gasteiger partial charge on any atom is 0.266 e. The molecule has 1 aromatic rings. The summed E-state index contributed by atoms with van der Waals surface area (Å²) in [6, 6.07) is 1.96. The molecule has 1 amide bonds. The molecular formula is C11H8NO3S3-. The molecule has 1 aromatic heterocycles. The Labute approximate surface area is 117 Å². The molecule has 0 N–H and O–H groups in total. The van der Waals surface area contributed by atoms with E-state index in [1.54, 1.807) is 6.08 Å². The summed E-state index contributed by atoms with van der Waals surface area (Å²) in [4.78, 5) is 25.0. The minimum absolute atomic E-state index is 0.254. The highest BCUT2D eigenvalue weighted by Gasteiger charge is 2.32. The van der Waals surface area contributed by atoms with Crippen LogP contribution in [0.1, 0.15) is 10.4 Å². The number of carbonyl (C=O) groups is 2. The Balaban J connectivity index is 2.25. The van der Waals surface area contributed by atoms with Crippen LogP contribution in [0.15, 0.2) is 16.4 Å². The number of amides is 1. The van der Waals surface area contributed by atoms with Crippen LogP contribution >= 0.6 is 35.3 Å². The zero-order chi connectivity index (χ0) is 13.3. The molecule has 4 nitrogen and oxygen atoms in total. The Morgan fingerprint density at radius 2 is 2.33 bits per heavy atom. The first-order valence-corrected chi connectivity index (χ1v) is 7.09. The van der Waals surface area contributed by atoms with Crippen molar-refractivity contribution in [3.63, 3.8) is 0 Å². The SMILES string of the molecule is Cc1ccsc1/C=C1\SC(=S)N(CC(=O)[O-])C1=O. The van der Waals surface area contributed by atoms with E-state index in [1.165, 1.54) is 11.3 Å². The van der Waals surface area contributed by atoms with E-state index in [9.17, 15) is 14.7 Å². The van der Waals surface area contributed by atoms with Crippen LogP contribution in [0.3, 0.4) is 0 Å². The number of carbonyl (C=O) groups excluding carboxylic acids is 2. The molecule has 0 spiro atoms. The second-order valence-corrected chi connectivity index (χ2v) is 6.23. The standard InChI is InChI=1S/C11H9NO3S3/c1-6-2-3-17-7(6)4-8-10(15)12(5-9(13)14)11(16)18-8/h2-4H,5H2,1H3,(H,13,14)/p-1/b8-4-. The highest BCUT2D eigenvalue weighted by atomic mass is 32.2. The van der Waals surface area contributed by atoms with Crippen LogP contribution in [-0.2, 0) is 9.59 Å². The number of hydrogen-bond donors (Lipinski definition) is 0. The van der Waals surface area contributed by atoms with Gasteiger partial charge in [-0.25, -0.2) is 0 Å². The number of thiophene rings is 1. The molecule has 0 saturated carbocycles. The molecule has 2 heterocycles. The lowest BCUT2D eigenvalue weighted by molar-refractivity contribution is -0.305. The average molecular weight is 298 g/mol. The summed E-state index contributed by atoms with van der Waals surface area (Å²) in [5.74, 6) is -1.69. The fourth-order valence-electron chi connectivity index (χ4n) is 1.42. The third-order valence-corrected chi connectivity index (χ3v) is 4.67. The van der Waals surface area contributed by atoms with Gasteiger partial charge in [0.2, 0.25) is 0 Å². The number of aryl methyl sites for hydroxylation is 1. The van der Waals surface area contributed by atoms with Crippen LogP contribution in [0.4, 0.5) is 0 Å². The summed E-state index contributed by atoms with van der Waals surface area (Å²) in [7, 11) is 0. The quantitative estimate of drug-likeness (QED) is 0.615. The normalized spacial score (nSPS) is 17.8. The number of aliphatic carboxylic acids is 1. The number of thioether (sulfide) groups is 1. The molecule has 1 aliphatic rings. The third kappa shape index (κ3) is 2.63. The van der Waals surface area contributed by atoms with E-state index in [1.807, 2.05) is 18.4 Å². The minimum atomic E-state index is -1.32. The van der Waals surface area contributed by atoms with Gasteiger partial charge in [-0.3, -0.25) is 9.69 Å². The van der Waals surface area contributed by atoms with Crippen LogP contribution in [0.2, 0.25) is 0 Å². The van der Waals surface area contributed by atoms with E-state index in [0.29, 0.717) is 4.91 Å². The fraction of sp³-hybridized carbons (Fsp3) is 0.182. The molecule has 0 unspecified atom stereocenters. The van der Waals surface area contributed by atoms with Gasteiger partial charge in [-0.15, -0.1) is 11.3 Å². The lowest BCUT2D eigenvalue weighted by Crippen LogP contribution is -2.40. The molecule has 0 radical (unpaired) electrons. The van der Waals surface area contributed by atoms with Crippen molar-refractivity contribution in [2.75, 3.05) is 6.54 Å². The molecule has 18 heavy (non-hydrogen) atoms. The van der Waals surface area contributed by atoms with E-state index in [0.717, 1.165) is 27.1 Å². The zero-order valence-corrected chi connectivity index (χ0v) is 11.8. The van der Waals surface area contributed by atoms with E-state index < -0.39 is 12.5 Å². The van der Waals surface area contributed by atoms with Gasteiger partial charge in [0, 0.05) is 4.88 Å². The highest BCUT2D eigenvalue weighted by molar-refractivity contribution is 8.26. The van der Waals surface area contributed by atoms with Crippen molar-refractivity contribution in [2.45, 2.75) is 6.92 Å². The number of hydrogen-bond acceptors (Lipinski definition) is 6. The Kier molecular flexibility index (Phi) is 3.84. The van der Waals surface area contributed by atoms with Crippen LogP contribution in [0, 0.1) is 6.92 Å². The molecule has 0 aromatic carbocycles. The van der Waals surface area contributed by atoms with Crippen LogP contribution < -0.4 is 5.11 Å². The monoisotopic (exact) mass is 298 g/mol. The largest absolute Gasteiger partial charge is 0.548 e. The Morgan fingerprint density at radius 1 is 1.61 bits per heavy atom. The predicted octanol–water partition coefficient (Wildman–Crippen LogP) is 1.01. The van der Waals surface area contributed by atoms with Gasteiger partial charge in [0.1, 0.15) is 4.32 Å². The smallest absolute Gasteiger partial charge is 0.266 e.